The molecule has 2 aromatic carbocycles. The lowest BCUT2D eigenvalue weighted by Crippen LogP contribution is -2.57. The fourth-order valence-corrected chi connectivity index (χ4v) is 6.40. The monoisotopic (exact) mass is 549 g/mol. The van der Waals surface area contributed by atoms with E-state index in [4.69, 9.17) is 9.84 Å². The Bertz CT molecular complexity index is 1700. The number of methoxy groups -OCH3 is 1. The van der Waals surface area contributed by atoms with E-state index in [0.717, 1.165) is 46.1 Å². The van der Waals surface area contributed by atoms with Gasteiger partial charge in [-0.15, -0.1) is 5.92 Å². The predicted molar refractivity (Wildman–Crippen MR) is 153 cm³/mol. The average molecular weight is 550 g/mol. The first-order chi connectivity index (χ1) is 19.8. The van der Waals surface area contributed by atoms with Crippen molar-refractivity contribution in [3.8, 4) is 29.1 Å². The Morgan fingerprint density at radius 3 is 2.56 bits per heavy atom. The van der Waals surface area contributed by atoms with Crippen LogP contribution in [0, 0.1) is 23.2 Å². The molecule has 2 N–H and O–H groups in total. The van der Waals surface area contributed by atoms with Gasteiger partial charge in [-0.3, -0.25) is 14.3 Å². The number of carbonyl (C=O) groups excluding carboxylic acids is 1. The van der Waals surface area contributed by atoms with Gasteiger partial charge < -0.3 is 15.2 Å². The van der Waals surface area contributed by atoms with Gasteiger partial charge in [0.1, 0.15) is 0 Å². The van der Waals surface area contributed by atoms with E-state index in [-0.39, 0.29) is 29.3 Å². The second-order valence-electron chi connectivity index (χ2n) is 11.1. The number of benzene rings is 2. The minimum Gasteiger partial charge on any atom is -0.481 e. The maximum atomic E-state index is 13.6. The number of nitrogens with one attached hydrogen (secondary N) is 1. The number of ether oxygens (including phenoxy) is 1. The van der Waals surface area contributed by atoms with Crippen LogP contribution in [0.25, 0.3) is 22.2 Å². The highest BCUT2D eigenvalue weighted by atomic mass is 16.5. The summed E-state index contributed by atoms with van der Waals surface area (Å²) in [6.07, 6.45) is 6.51. The lowest BCUT2D eigenvalue weighted by atomic mass is 9.50. The minimum atomic E-state index is -0.716. The van der Waals surface area contributed by atoms with Crippen LogP contribution in [0.5, 0.6) is 6.01 Å². The van der Waals surface area contributed by atoms with Crippen LogP contribution >= 0.6 is 0 Å². The van der Waals surface area contributed by atoms with Gasteiger partial charge in [0.25, 0.3) is 5.91 Å². The van der Waals surface area contributed by atoms with Crippen LogP contribution in [0.15, 0.2) is 54.9 Å². The van der Waals surface area contributed by atoms with Crippen LogP contribution in [0.4, 0.5) is 0 Å². The van der Waals surface area contributed by atoms with Crippen molar-refractivity contribution in [3.63, 3.8) is 0 Å². The topological polar surface area (TPSA) is 119 Å². The third-order valence-corrected chi connectivity index (χ3v) is 8.54. The molecule has 9 nitrogen and oxygen atoms in total. The summed E-state index contributed by atoms with van der Waals surface area (Å²) in [4.78, 5) is 33.3. The molecule has 41 heavy (non-hydrogen) atoms. The van der Waals surface area contributed by atoms with Gasteiger partial charge in [0.15, 0.2) is 0 Å². The molecule has 2 aliphatic carbocycles. The summed E-state index contributed by atoms with van der Waals surface area (Å²) in [6.45, 7) is 3.84. The molecule has 1 amide bonds. The Labute approximate surface area is 238 Å². The van der Waals surface area contributed by atoms with Crippen LogP contribution in [-0.2, 0) is 4.79 Å². The van der Waals surface area contributed by atoms with E-state index in [2.05, 4.69) is 34.0 Å². The summed E-state index contributed by atoms with van der Waals surface area (Å²) in [5.41, 5.74) is 4.92. The Morgan fingerprint density at radius 2 is 1.88 bits per heavy atom. The predicted octanol–water partition coefficient (Wildman–Crippen LogP) is 4.86. The summed E-state index contributed by atoms with van der Waals surface area (Å²) < 4.78 is 7.04. The van der Waals surface area contributed by atoms with Gasteiger partial charge in [0.2, 0.25) is 0 Å². The molecule has 2 aliphatic rings. The van der Waals surface area contributed by atoms with Gasteiger partial charge in [0.05, 0.1) is 42.0 Å². The number of fused-ring (bicyclic) bond motifs is 1. The second-order valence-corrected chi connectivity index (χ2v) is 11.1. The molecule has 2 aromatic heterocycles. The quantitative estimate of drug-likeness (QED) is 0.316. The normalized spacial score (nSPS) is 21.7. The molecule has 208 valence electrons. The molecule has 9 heteroatoms. The van der Waals surface area contributed by atoms with E-state index in [0.29, 0.717) is 24.4 Å². The summed E-state index contributed by atoms with van der Waals surface area (Å²) in [7, 11) is 1.54. The molecule has 0 radical (unpaired) electrons. The number of hydrogen-bond donors (Lipinski definition) is 2. The number of carboxylic acid groups (broad SMARTS) is 1. The van der Waals surface area contributed by atoms with Gasteiger partial charge in [-0.2, -0.15) is 10.1 Å². The molecule has 2 fully saturated rings. The Balaban J connectivity index is 1.26. The summed E-state index contributed by atoms with van der Waals surface area (Å²) >= 11 is 0. The first kappa shape index (κ1) is 26.5. The average Bonchev–Trinajstić information content (AvgIpc) is 3.39. The van der Waals surface area contributed by atoms with Gasteiger partial charge in [-0.25, -0.2) is 4.98 Å². The summed E-state index contributed by atoms with van der Waals surface area (Å²) in [5.74, 6) is 4.99. The zero-order chi connectivity index (χ0) is 28.7. The summed E-state index contributed by atoms with van der Waals surface area (Å²) in [6, 6.07) is 13.8. The first-order valence-electron chi connectivity index (χ1n) is 13.7. The molecule has 2 heterocycles. The highest BCUT2D eigenvalue weighted by molar-refractivity contribution is 6.07. The van der Waals surface area contributed by atoms with Gasteiger partial charge >= 0.3 is 12.0 Å². The van der Waals surface area contributed by atoms with E-state index in [1.54, 1.807) is 19.3 Å². The maximum absolute atomic E-state index is 13.6. The van der Waals surface area contributed by atoms with Crippen molar-refractivity contribution in [2.75, 3.05) is 7.11 Å². The van der Waals surface area contributed by atoms with Crippen molar-refractivity contribution in [1.82, 2.24) is 25.1 Å². The fraction of sp³-hybridized carbons (Fsp3) is 0.344. The highest BCUT2D eigenvalue weighted by Crippen LogP contribution is 2.58. The summed E-state index contributed by atoms with van der Waals surface area (Å²) in [5, 5.41) is 18.0. The van der Waals surface area contributed by atoms with Gasteiger partial charge in [-0.1, -0.05) is 30.2 Å². The largest absolute Gasteiger partial charge is 0.481 e. The Kier molecular flexibility index (Phi) is 6.70. The second kappa shape index (κ2) is 10.4. The molecule has 6 rings (SSSR count). The Morgan fingerprint density at radius 1 is 1.12 bits per heavy atom. The van der Waals surface area contributed by atoms with Gasteiger partial charge in [-0.05, 0) is 68.7 Å². The minimum absolute atomic E-state index is 0.0455. The van der Waals surface area contributed by atoms with Gasteiger partial charge in [0, 0.05) is 28.8 Å². The standard InChI is InChI=1S/C32H31N5O4/c1-4-5-21-10-11-25(29(38)35-24-16-32(17-24)14-23(15-32)30(39)40)28-26(21)18-34-37(28)19(2)20-6-8-22(9-7-20)27-12-13-33-31(36-27)41-3/h6-13,18-19,23-24H,14-17H2,1-3H3,(H,35,38)(H,39,40). The smallest absolute Gasteiger partial charge is 0.316 e. The highest BCUT2D eigenvalue weighted by Gasteiger charge is 2.55. The SMILES string of the molecule is CC#Cc1ccc(C(=O)NC2CC3(C2)CC(C(=O)O)C3)c2c1cnn2C(C)c1ccc(-c2ccnc(OC)n2)cc1. The molecule has 0 bridgehead atoms. The van der Waals surface area contributed by atoms with Crippen molar-refractivity contribution in [2.24, 2.45) is 11.3 Å². The fourth-order valence-electron chi connectivity index (χ4n) is 6.40. The number of aromatic nitrogens is 4. The van der Waals surface area contributed by atoms with Crippen molar-refractivity contribution in [3.05, 3.63) is 71.5 Å². The molecule has 2 saturated carbocycles. The number of carboxylic acids is 1. The third-order valence-electron chi connectivity index (χ3n) is 8.54. The molecule has 4 aromatic rings. The lowest BCUT2D eigenvalue weighted by Gasteiger charge is -2.56. The number of rotatable bonds is 7. The van der Waals surface area contributed by atoms with E-state index >= 15 is 0 Å². The third kappa shape index (κ3) is 4.80. The molecule has 1 unspecified atom stereocenters. The number of nitrogens with zero attached hydrogens (tertiary/aromatic N) is 4. The number of carbonyl (C=O) groups is 2. The van der Waals surface area contributed by atoms with Crippen LogP contribution in [0.3, 0.4) is 0 Å². The van der Waals surface area contributed by atoms with Crippen molar-refractivity contribution < 1.29 is 19.4 Å². The van der Waals surface area contributed by atoms with Crippen molar-refractivity contribution in [2.45, 2.75) is 51.6 Å². The first-order valence-corrected chi connectivity index (χ1v) is 13.7. The van der Waals surface area contributed by atoms with E-state index in [1.165, 1.54) is 7.11 Å². The van der Waals surface area contributed by atoms with Crippen LogP contribution in [0.1, 0.15) is 67.1 Å². The molecule has 1 atom stereocenters. The number of hydrogen-bond acceptors (Lipinski definition) is 6. The maximum Gasteiger partial charge on any atom is 0.316 e. The molecular formula is C32H31N5O4. The zero-order valence-electron chi connectivity index (χ0n) is 23.2. The lowest BCUT2D eigenvalue weighted by molar-refractivity contribution is -0.155. The van der Waals surface area contributed by atoms with E-state index < -0.39 is 5.97 Å². The number of aliphatic carboxylic acids is 1. The van der Waals surface area contributed by atoms with Crippen LogP contribution in [-0.4, -0.2) is 49.9 Å². The van der Waals surface area contributed by atoms with Crippen LogP contribution < -0.4 is 10.1 Å². The Hall–Kier alpha value is -4.71. The number of amides is 1. The molecule has 0 saturated heterocycles. The van der Waals surface area contributed by atoms with E-state index in [1.807, 2.05) is 47.1 Å². The van der Waals surface area contributed by atoms with Crippen molar-refractivity contribution in [1.29, 1.82) is 0 Å². The molecular weight excluding hydrogens is 518 g/mol. The van der Waals surface area contributed by atoms with E-state index in [9.17, 15) is 14.7 Å². The zero-order valence-corrected chi connectivity index (χ0v) is 23.2. The van der Waals surface area contributed by atoms with Crippen LogP contribution in [0.2, 0.25) is 0 Å². The molecule has 1 spiro atoms. The van der Waals surface area contributed by atoms with Crippen molar-refractivity contribution >= 4 is 22.8 Å². The molecule has 0 aliphatic heterocycles.